The van der Waals surface area contributed by atoms with Crippen LogP contribution in [0.25, 0.3) is 0 Å². The largest absolute Gasteiger partial charge is 0.461 e. The zero-order valence-corrected chi connectivity index (χ0v) is 13.5. The molecule has 0 spiro atoms. The third kappa shape index (κ3) is 6.52. The standard InChI is InChI=1S/C10H21NO2S4/c1-8(11-7-17(15)16-14)10(12)13-9-5-3-2-4-6-9/h8-9,11,14-15,17H,2-7H2,1H3/t8-/m1/s1. The molecular formula is C10H21NO2S4. The van der Waals surface area contributed by atoms with E-state index in [9.17, 15) is 4.79 Å². The van der Waals surface area contributed by atoms with E-state index in [1.165, 1.54) is 29.1 Å². The van der Waals surface area contributed by atoms with Crippen molar-refractivity contribution in [3.05, 3.63) is 0 Å². The quantitative estimate of drug-likeness (QED) is 0.345. The van der Waals surface area contributed by atoms with Crippen LogP contribution in [0, 0.1) is 0 Å². The number of thiol groups is 3. The summed E-state index contributed by atoms with van der Waals surface area (Å²) in [6, 6.07) is -0.255. The minimum Gasteiger partial charge on any atom is -0.461 e. The van der Waals surface area contributed by atoms with Crippen molar-refractivity contribution in [1.29, 1.82) is 0 Å². The van der Waals surface area contributed by atoms with E-state index >= 15 is 0 Å². The molecule has 0 bridgehead atoms. The molecule has 1 N–H and O–H groups in total. The van der Waals surface area contributed by atoms with Crippen molar-refractivity contribution in [2.75, 3.05) is 5.88 Å². The average Bonchev–Trinajstić information content (AvgIpc) is 2.36. The minimum absolute atomic E-state index is 0.136. The van der Waals surface area contributed by atoms with Crippen LogP contribution in [-0.4, -0.2) is 24.0 Å². The van der Waals surface area contributed by atoms with Gasteiger partial charge in [-0.15, -0.1) is 32.3 Å². The molecule has 1 unspecified atom stereocenters. The fourth-order valence-electron chi connectivity index (χ4n) is 1.78. The second kappa shape index (κ2) is 8.85. The molecule has 0 amide bonds. The topological polar surface area (TPSA) is 38.3 Å². The molecule has 0 aromatic carbocycles. The number of hydrogen-bond donors (Lipinski definition) is 4. The fraction of sp³-hybridized carbons (Fsp3) is 0.900. The normalized spacial score (nSPS) is 21.9. The lowest BCUT2D eigenvalue weighted by molar-refractivity contribution is -0.152. The Morgan fingerprint density at radius 3 is 2.76 bits per heavy atom. The van der Waals surface area contributed by atoms with E-state index in [0.29, 0.717) is 5.88 Å². The van der Waals surface area contributed by atoms with E-state index in [1.807, 2.05) is 6.92 Å². The second-order valence-corrected chi connectivity index (χ2v) is 10.9. The van der Waals surface area contributed by atoms with E-state index in [2.05, 4.69) is 28.6 Å². The smallest absolute Gasteiger partial charge is 0.323 e. The molecule has 0 aromatic rings. The van der Waals surface area contributed by atoms with E-state index in [4.69, 9.17) is 4.74 Å². The van der Waals surface area contributed by atoms with Crippen LogP contribution >= 0.6 is 42.1 Å². The number of carbonyl (C=O) groups is 1. The lowest BCUT2D eigenvalue weighted by atomic mass is 9.98. The molecule has 1 rings (SSSR count). The molecule has 1 fully saturated rings. The minimum atomic E-state index is -0.499. The summed E-state index contributed by atoms with van der Waals surface area (Å²) in [5.41, 5.74) is 0. The molecule has 1 saturated carbocycles. The van der Waals surface area contributed by atoms with Gasteiger partial charge in [-0.05, 0) is 42.4 Å². The molecule has 2 atom stereocenters. The third-order valence-electron chi connectivity index (χ3n) is 2.82. The summed E-state index contributed by atoms with van der Waals surface area (Å²) in [6.07, 6.45) is 5.80. The Morgan fingerprint density at radius 1 is 1.53 bits per heavy atom. The first kappa shape index (κ1) is 15.9. The highest BCUT2D eigenvalue weighted by atomic mass is 33.7. The summed E-state index contributed by atoms with van der Waals surface area (Å²) in [4.78, 5) is 11.8. The molecule has 3 nitrogen and oxygen atoms in total. The van der Waals surface area contributed by atoms with Crippen LogP contribution in [0.5, 0.6) is 0 Å². The maximum absolute atomic E-state index is 11.8. The Kier molecular flexibility index (Phi) is 8.27. The summed E-state index contributed by atoms with van der Waals surface area (Å²) < 4.78 is 5.47. The molecule has 0 heterocycles. The van der Waals surface area contributed by atoms with Crippen LogP contribution in [0.4, 0.5) is 0 Å². The summed E-state index contributed by atoms with van der Waals surface area (Å²) in [6.45, 7) is 1.84. The van der Waals surface area contributed by atoms with Gasteiger partial charge in [0.1, 0.15) is 12.1 Å². The lowest BCUT2D eigenvalue weighted by Gasteiger charge is -2.24. The van der Waals surface area contributed by atoms with Crippen LogP contribution in [0.3, 0.4) is 0 Å². The van der Waals surface area contributed by atoms with Gasteiger partial charge in [0.2, 0.25) is 0 Å². The number of nitrogens with one attached hydrogen (secondary N) is 1. The third-order valence-corrected chi connectivity index (χ3v) is 8.50. The van der Waals surface area contributed by atoms with Crippen molar-refractivity contribution in [2.24, 2.45) is 0 Å². The highest BCUT2D eigenvalue weighted by Crippen LogP contribution is 2.45. The van der Waals surface area contributed by atoms with Gasteiger partial charge in [0, 0.05) is 5.88 Å². The first-order valence-corrected chi connectivity index (χ1v) is 11.0. The van der Waals surface area contributed by atoms with E-state index < -0.39 is 8.96 Å². The highest BCUT2D eigenvalue weighted by molar-refractivity contribution is 9.27. The number of rotatable bonds is 6. The van der Waals surface area contributed by atoms with Gasteiger partial charge in [-0.25, -0.2) is 0 Å². The van der Waals surface area contributed by atoms with Crippen molar-refractivity contribution < 1.29 is 9.53 Å². The van der Waals surface area contributed by atoms with Crippen LogP contribution in [0.15, 0.2) is 0 Å². The zero-order valence-electron chi connectivity index (χ0n) is 9.96. The van der Waals surface area contributed by atoms with Crippen molar-refractivity contribution in [3.63, 3.8) is 0 Å². The van der Waals surface area contributed by atoms with Crippen molar-refractivity contribution in [2.45, 2.75) is 51.2 Å². The summed E-state index contributed by atoms with van der Waals surface area (Å²) >= 11 is 8.43. The Labute approximate surface area is 120 Å². The highest BCUT2D eigenvalue weighted by Gasteiger charge is 2.21. The SMILES string of the molecule is C[C@@H](NC[SH](S)SS)C(=O)OC1CCCCC1. The van der Waals surface area contributed by atoms with Gasteiger partial charge >= 0.3 is 5.97 Å². The number of esters is 1. The fourth-order valence-corrected chi connectivity index (χ4v) is 3.43. The Balaban J connectivity index is 2.21. The maximum atomic E-state index is 11.8. The number of ether oxygens (including phenoxy) is 1. The lowest BCUT2D eigenvalue weighted by Crippen LogP contribution is -2.37. The molecule has 0 saturated heterocycles. The van der Waals surface area contributed by atoms with Gasteiger partial charge in [0.05, 0.1) is 0 Å². The second-order valence-electron chi connectivity index (χ2n) is 4.21. The number of carbonyl (C=O) groups excluding carboxylic acids is 1. The Bertz CT molecular complexity index is 236. The van der Waals surface area contributed by atoms with Crippen LogP contribution in [0.2, 0.25) is 0 Å². The first-order chi connectivity index (χ1) is 8.13. The number of hydrogen-bond acceptors (Lipinski definition) is 6. The monoisotopic (exact) mass is 315 g/mol. The summed E-state index contributed by atoms with van der Waals surface area (Å²) in [7, 11) is 0.924. The Hall–Kier alpha value is 0.830. The van der Waals surface area contributed by atoms with E-state index in [1.54, 1.807) is 0 Å². The predicted molar refractivity (Wildman–Crippen MR) is 85.0 cm³/mol. The van der Waals surface area contributed by atoms with Gasteiger partial charge < -0.3 is 4.74 Å². The molecule has 0 aromatic heterocycles. The molecule has 1 aliphatic carbocycles. The van der Waals surface area contributed by atoms with Gasteiger partial charge in [-0.3, -0.25) is 10.1 Å². The van der Waals surface area contributed by atoms with Crippen molar-refractivity contribution >= 4 is 48.1 Å². The van der Waals surface area contributed by atoms with Gasteiger partial charge in [0.15, 0.2) is 0 Å². The molecular weight excluding hydrogens is 294 g/mol. The van der Waals surface area contributed by atoms with Crippen molar-refractivity contribution in [3.8, 4) is 0 Å². The Morgan fingerprint density at radius 2 is 2.18 bits per heavy atom. The van der Waals surface area contributed by atoms with Crippen LogP contribution < -0.4 is 5.32 Å². The molecule has 0 radical (unpaired) electrons. The van der Waals surface area contributed by atoms with Crippen molar-refractivity contribution in [1.82, 2.24) is 5.32 Å². The van der Waals surface area contributed by atoms with Gasteiger partial charge in [-0.1, -0.05) is 6.42 Å². The van der Waals surface area contributed by atoms with Crippen LogP contribution in [-0.2, 0) is 9.53 Å². The van der Waals surface area contributed by atoms with Crippen LogP contribution in [0.1, 0.15) is 39.0 Å². The molecule has 0 aliphatic heterocycles. The first-order valence-electron chi connectivity index (χ1n) is 5.85. The van der Waals surface area contributed by atoms with Gasteiger partial charge in [0.25, 0.3) is 0 Å². The predicted octanol–water partition coefficient (Wildman–Crippen LogP) is 3.14. The van der Waals surface area contributed by atoms with Gasteiger partial charge in [-0.2, -0.15) is 0 Å². The molecule has 17 heavy (non-hydrogen) atoms. The molecule has 102 valence electrons. The van der Waals surface area contributed by atoms with E-state index in [0.717, 1.165) is 12.8 Å². The zero-order chi connectivity index (χ0) is 12.7. The van der Waals surface area contributed by atoms with E-state index in [-0.39, 0.29) is 18.1 Å². The summed E-state index contributed by atoms with van der Waals surface area (Å²) in [5.74, 6) is 0.561. The molecule has 7 heteroatoms. The summed E-state index contributed by atoms with van der Waals surface area (Å²) in [5, 5.41) is 3.13. The average molecular weight is 316 g/mol. The molecule has 1 aliphatic rings. The maximum Gasteiger partial charge on any atom is 0.323 e.